The van der Waals surface area contributed by atoms with Gasteiger partial charge in [-0.1, -0.05) is 60.7 Å². The fraction of sp³-hybridized carbons (Fsp3) is 0.125. The van der Waals surface area contributed by atoms with E-state index < -0.39 is 27.5 Å². The lowest BCUT2D eigenvalue weighted by molar-refractivity contribution is -0.130. The molecule has 1 amide bonds. The monoisotopic (exact) mass is 435 g/mol. The summed E-state index contributed by atoms with van der Waals surface area (Å²) in [5.41, 5.74) is 1.34. The smallest absolute Gasteiger partial charge is 0.290 e. The second kappa shape index (κ2) is 8.28. The van der Waals surface area contributed by atoms with E-state index in [-0.39, 0.29) is 16.3 Å². The minimum atomic E-state index is -4.11. The van der Waals surface area contributed by atoms with Crippen LogP contribution >= 0.6 is 0 Å². The molecule has 158 valence electrons. The van der Waals surface area contributed by atoms with Crippen molar-refractivity contribution in [1.82, 2.24) is 4.90 Å². The van der Waals surface area contributed by atoms with Crippen molar-refractivity contribution in [2.75, 3.05) is 7.11 Å². The summed E-state index contributed by atoms with van der Waals surface area (Å²) < 4.78 is 32.2. The molecular formula is C24H21NO5S. The van der Waals surface area contributed by atoms with Crippen molar-refractivity contribution < 1.29 is 23.1 Å². The van der Waals surface area contributed by atoms with Gasteiger partial charge in [0.25, 0.3) is 5.91 Å². The third-order valence-electron chi connectivity index (χ3n) is 5.20. The molecule has 1 N–H and O–H groups in total. The Morgan fingerprint density at radius 3 is 2.23 bits per heavy atom. The van der Waals surface area contributed by atoms with Crippen molar-refractivity contribution in [3.05, 3.63) is 107 Å². The fourth-order valence-electron chi connectivity index (χ4n) is 3.73. The van der Waals surface area contributed by atoms with E-state index in [9.17, 15) is 18.3 Å². The van der Waals surface area contributed by atoms with Crippen LogP contribution in [-0.4, -0.2) is 31.4 Å². The normalized spacial score (nSPS) is 16.6. The number of methoxy groups -OCH3 is 1. The van der Waals surface area contributed by atoms with Crippen LogP contribution in [0.25, 0.3) is 0 Å². The minimum Gasteiger partial charge on any atom is -0.502 e. The number of carbonyl (C=O) groups is 1. The van der Waals surface area contributed by atoms with Crippen LogP contribution in [0.1, 0.15) is 17.2 Å². The first-order valence-corrected chi connectivity index (χ1v) is 11.1. The predicted octanol–water partition coefficient (Wildman–Crippen LogP) is 4.02. The number of nitrogens with zero attached hydrogens (tertiary/aromatic N) is 1. The molecule has 0 radical (unpaired) electrons. The molecule has 1 heterocycles. The third kappa shape index (κ3) is 3.80. The molecular weight excluding hydrogens is 414 g/mol. The van der Waals surface area contributed by atoms with E-state index in [1.807, 2.05) is 12.1 Å². The van der Waals surface area contributed by atoms with Gasteiger partial charge < -0.3 is 14.7 Å². The van der Waals surface area contributed by atoms with E-state index >= 15 is 0 Å². The highest BCUT2D eigenvalue weighted by molar-refractivity contribution is 7.95. The topological polar surface area (TPSA) is 83.9 Å². The van der Waals surface area contributed by atoms with Crippen molar-refractivity contribution in [3.8, 4) is 5.75 Å². The molecule has 4 rings (SSSR count). The Balaban J connectivity index is 1.83. The summed E-state index contributed by atoms with van der Waals surface area (Å²) in [4.78, 5) is 14.1. The van der Waals surface area contributed by atoms with Gasteiger partial charge in [-0.15, -0.1) is 0 Å². The molecule has 0 spiro atoms. The maximum absolute atomic E-state index is 13.5. The average Bonchev–Trinajstić information content (AvgIpc) is 3.06. The molecule has 1 aliphatic heterocycles. The standard InChI is InChI=1S/C24H21NO5S/c1-30-19-12-8-9-17(15-19)16-25-21(18-10-4-2-5-11-18)23(22(26)24(25)27)31(28,29)20-13-6-3-7-14-20/h2-15,21,26H,16H2,1H3/t21-/m0/s1. The lowest BCUT2D eigenvalue weighted by atomic mass is 10.1. The highest BCUT2D eigenvalue weighted by atomic mass is 32.2. The Labute approximate surface area is 180 Å². The number of amides is 1. The van der Waals surface area contributed by atoms with Crippen LogP contribution in [0.15, 0.2) is 100 Å². The molecule has 3 aromatic rings. The Hall–Kier alpha value is -3.58. The number of aliphatic hydroxyl groups is 1. The molecule has 7 heteroatoms. The summed E-state index contributed by atoms with van der Waals surface area (Å²) in [7, 11) is -2.57. The Morgan fingerprint density at radius 2 is 1.58 bits per heavy atom. The zero-order valence-corrected chi connectivity index (χ0v) is 17.6. The van der Waals surface area contributed by atoms with E-state index in [2.05, 4.69) is 0 Å². The molecule has 0 fully saturated rings. The first-order chi connectivity index (χ1) is 14.9. The summed E-state index contributed by atoms with van der Waals surface area (Å²) in [5.74, 6) is -0.860. The Morgan fingerprint density at radius 1 is 0.935 bits per heavy atom. The summed E-state index contributed by atoms with van der Waals surface area (Å²) in [6.45, 7) is 0.105. The molecule has 0 aliphatic carbocycles. The minimum absolute atomic E-state index is 0.0218. The van der Waals surface area contributed by atoms with Crippen LogP contribution in [0.2, 0.25) is 0 Å². The largest absolute Gasteiger partial charge is 0.502 e. The second-order valence-electron chi connectivity index (χ2n) is 7.13. The molecule has 0 bridgehead atoms. The highest BCUT2D eigenvalue weighted by Crippen LogP contribution is 2.43. The van der Waals surface area contributed by atoms with E-state index in [0.29, 0.717) is 11.3 Å². The SMILES string of the molecule is COc1cccc(CN2C(=O)C(O)=C(S(=O)(=O)c3ccccc3)[C@@H]2c2ccccc2)c1. The number of benzene rings is 3. The van der Waals surface area contributed by atoms with Crippen molar-refractivity contribution in [2.24, 2.45) is 0 Å². The van der Waals surface area contributed by atoms with E-state index in [0.717, 1.165) is 5.56 Å². The van der Waals surface area contributed by atoms with E-state index in [4.69, 9.17) is 4.74 Å². The number of rotatable bonds is 6. The second-order valence-corrected chi connectivity index (χ2v) is 9.05. The molecule has 3 aromatic carbocycles. The first kappa shape index (κ1) is 20.7. The predicted molar refractivity (Wildman–Crippen MR) is 116 cm³/mol. The number of carbonyl (C=O) groups excluding carboxylic acids is 1. The van der Waals surface area contributed by atoms with Crippen molar-refractivity contribution >= 4 is 15.7 Å². The Bertz CT molecular complexity index is 1240. The highest BCUT2D eigenvalue weighted by Gasteiger charge is 2.46. The molecule has 0 saturated carbocycles. The van der Waals surface area contributed by atoms with Gasteiger partial charge in [0.15, 0.2) is 5.76 Å². The van der Waals surface area contributed by atoms with Gasteiger partial charge in [-0.3, -0.25) is 4.79 Å². The summed E-state index contributed by atoms with van der Waals surface area (Å²) in [6, 6.07) is 22.9. The number of sulfone groups is 1. The molecule has 1 atom stereocenters. The van der Waals surface area contributed by atoms with Crippen molar-refractivity contribution in [2.45, 2.75) is 17.5 Å². The molecule has 6 nitrogen and oxygen atoms in total. The number of hydrogen-bond donors (Lipinski definition) is 1. The summed E-state index contributed by atoms with van der Waals surface area (Å²) >= 11 is 0. The van der Waals surface area contributed by atoms with Gasteiger partial charge in [0.1, 0.15) is 10.7 Å². The fourth-order valence-corrected chi connectivity index (χ4v) is 5.40. The lowest BCUT2D eigenvalue weighted by Crippen LogP contribution is -2.30. The zero-order chi connectivity index (χ0) is 22.0. The van der Waals surface area contributed by atoms with Gasteiger partial charge in [-0.05, 0) is 35.4 Å². The molecule has 0 unspecified atom stereocenters. The average molecular weight is 436 g/mol. The van der Waals surface area contributed by atoms with Gasteiger partial charge in [0.2, 0.25) is 9.84 Å². The number of hydrogen-bond acceptors (Lipinski definition) is 5. The van der Waals surface area contributed by atoms with Gasteiger partial charge in [-0.2, -0.15) is 0 Å². The summed E-state index contributed by atoms with van der Waals surface area (Å²) in [6.07, 6.45) is 0. The van der Waals surface area contributed by atoms with Gasteiger partial charge >= 0.3 is 0 Å². The zero-order valence-electron chi connectivity index (χ0n) is 16.8. The van der Waals surface area contributed by atoms with Gasteiger partial charge in [0.05, 0.1) is 18.0 Å². The van der Waals surface area contributed by atoms with Gasteiger partial charge in [-0.25, -0.2) is 8.42 Å². The summed E-state index contributed by atoms with van der Waals surface area (Å²) in [5, 5.41) is 10.7. The quantitative estimate of drug-likeness (QED) is 0.632. The molecule has 1 aliphatic rings. The first-order valence-electron chi connectivity index (χ1n) is 9.65. The maximum Gasteiger partial charge on any atom is 0.290 e. The van der Waals surface area contributed by atoms with Crippen LogP contribution in [0.3, 0.4) is 0 Å². The van der Waals surface area contributed by atoms with Crippen molar-refractivity contribution in [1.29, 1.82) is 0 Å². The Kier molecular flexibility index (Phi) is 5.52. The van der Waals surface area contributed by atoms with Gasteiger partial charge in [0, 0.05) is 6.54 Å². The van der Waals surface area contributed by atoms with Crippen LogP contribution in [0.4, 0.5) is 0 Å². The van der Waals surface area contributed by atoms with Crippen LogP contribution in [0.5, 0.6) is 5.75 Å². The lowest BCUT2D eigenvalue weighted by Gasteiger charge is -2.27. The molecule has 31 heavy (non-hydrogen) atoms. The maximum atomic E-state index is 13.5. The third-order valence-corrected chi connectivity index (χ3v) is 7.09. The number of aliphatic hydroxyl groups excluding tert-OH is 1. The van der Waals surface area contributed by atoms with Crippen molar-refractivity contribution in [3.63, 3.8) is 0 Å². The van der Waals surface area contributed by atoms with Crippen LogP contribution in [0, 0.1) is 0 Å². The van der Waals surface area contributed by atoms with Crippen LogP contribution in [-0.2, 0) is 21.2 Å². The van der Waals surface area contributed by atoms with E-state index in [1.54, 1.807) is 67.8 Å². The molecule has 0 saturated heterocycles. The molecule has 0 aromatic heterocycles. The number of ether oxygens (including phenoxy) is 1. The van der Waals surface area contributed by atoms with E-state index in [1.165, 1.54) is 17.0 Å². The van der Waals surface area contributed by atoms with Crippen LogP contribution < -0.4 is 4.74 Å².